The number of hydrogen-bond donors (Lipinski definition) is 0. The van der Waals surface area contributed by atoms with Gasteiger partial charge in [0.05, 0.1) is 0 Å². The molecule has 0 saturated heterocycles. The maximum absolute atomic E-state index is 2.50. The van der Waals surface area contributed by atoms with E-state index >= 15 is 0 Å². The van der Waals surface area contributed by atoms with Crippen LogP contribution in [0.2, 0.25) is 0 Å². The summed E-state index contributed by atoms with van der Waals surface area (Å²) in [5, 5.41) is 20.3. The van der Waals surface area contributed by atoms with Gasteiger partial charge < -0.3 is 0 Å². The second-order valence-corrected chi connectivity index (χ2v) is 18.0. The van der Waals surface area contributed by atoms with E-state index in [1.807, 2.05) is 0 Å². The van der Waals surface area contributed by atoms with Crippen LogP contribution in [0.15, 0.2) is 170 Å². The van der Waals surface area contributed by atoms with E-state index in [1.54, 1.807) is 0 Å². The van der Waals surface area contributed by atoms with Crippen LogP contribution >= 0.6 is 0 Å². The van der Waals surface area contributed by atoms with Crippen molar-refractivity contribution in [2.45, 2.75) is 41.5 Å². The fraction of sp³-hybridized carbons (Fsp3) is 0.0968. The molecule has 0 N–H and O–H groups in total. The van der Waals surface area contributed by atoms with Crippen molar-refractivity contribution in [2.24, 2.45) is 0 Å². The van der Waals surface area contributed by atoms with Gasteiger partial charge in [0, 0.05) is 0 Å². The standard InChI is InChI=1S/C62H46/c1-35-23-37(3)57(38(4)24-35)59-49-27-41-15-7-11-19-45(41)31-53(49)61(54-32-46-20-12-8-16-42(46)28-50(54)59)62-55-33-47-21-13-9-17-43(47)29-51(55)60(58-39(5)25-36(2)26-40(58)6)52-30-44-18-10-14-22-48(44)34-56(52)62/h7-34H,1-6H3. The summed E-state index contributed by atoms with van der Waals surface area (Å²) in [5.74, 6) is 0. The lowest BCUT2D eigenvalue weighted by Gasteiger charge is -2.25. The third-order valence-electron chi connectivity index (χ3n) is 13.8. The van der Waals surface area contributed by atoms with E-state index in [9.17, 15) is 0 Å². The smallest absolute Gasteiger partial charge is 0.00134 e. The van der Waals surface area contributed by atoms with E-state index < -0.39 is 0 Å². The Labute approximate surface area is 362 Å². The molecule has 0 heterocycles. The summed E-state index contributed by atoms with van der Waals surface area (Å²) in [7, 11) is 0. The third kappa shape index (κ3) is 5.46. The first-order valence-corrected chi connectivity index (χ1v) is 22.0. The summed E-state index contributed by atoms with van der Waals surface area (Å²) in [6.45, 7) is 13.6. The van der Waals surface area contributed by atoms with Crippen LogP contribution < -0.4 is 0 Å². The van der Waals surface area contributed by atoms with Gasteiger partial charge in [0.25, 0.3) is 0 Å². The topological polar surface area (TPSA) is 0 Å². The fourth-order valence-corrected chi connectivity index (χ4v) is 11.4. The van der Waals surface area contributed by atoms with E-state index in [1.165, 1.54) is 153 Å². The molecule has 0 radical (unpaired) electrons. The minimum absolute atomic E-state index is 1.25. The van der Waals surface area contributed by atoms with Gasteiger partial charge in [0.2, 0.25) is 0 Å². The maximum atomic E-state index is 2.50. The first kappa shape index (κ1) is 36.6. The van der Waals surface area contributed by atoms with Crippen molar-refractivity contribution < 1.29 is 0 Å². The Hall–Kier alpha value is -7.28. The summed E-state index contributed by atoms with van der Waals surface area (Å²) in [6, 6.07) is 65.1. The summed E-state index contributed by atoms with van der Waals surface area (Å²) in [4.78, 5) is 0. The average Bonchev–Trinajstić information content (AvgIpc) is 3.26. The van der Waals surface area contributed by atoms with Gasteiger partial charge in [-0.2, -0.15) is 0 Å². The monoisotopic (exact) mass is 790 g/mol. The van der Waals surface area contributed by atoms with Gasteiger partial charge in [-0.15, -0.1) is 0 Å². The number of aryl methyl sites for hydroxylation is 6. The highest BCUT2D eigenvalue weighted by Crippen LogP contribution is 2.53. The zero-order valence-corrected chi connectivity index (χ0v) is 36.2. The summed E-state index contributed by atoms with van der Waals surface area (Å²) in [5.41, 5.74) is 15.7. The van der Waals surface area contributed by atoms with Crippen LogP contribution in [0.1, 0.15) is 33.4 Å². The quantitative estimate of drug-likeness (QED) is 0.156. The van der Waals surface area contributed by atoms with Gasteiger partial charge in [-0.25, -0.2) is 0 Å². The third-order valence-corrected chi connectivity index (χ3v) is 13.8. The van der Waals surface area contributed by atoms with Gasteiger partial charge in [0.1, 0.15) is 0 Å². The van der Waals surface area contributed by atoms with Crippen molar-refractivity contribution in [2.75, 3.05) is 0 Å². The molecule has 0 fully saturated rings. The Morgan fingerprint density at radius 1 is 0.194 bits per heavy atom. The highest BCUT2D eigenvalue weighted by atomic mass is 14.3. The normalized spacial score (nSPS) is 12.0. The molecule has 0 amide bonds. The SMILES string of the molecule is Cc1cc(C)c(-c2c3cc4ccccc4cc3c(-c3c4cc5ccccc5cc4c(-c4c(C)cc(C)cc4C)c4cc5ccccc5cc34)c3cc4ccccc4cc23)c(C)c1. The summed E-state index contributed by atoms with van der Waals surface area (Å²) in [6.07, 6.45) is 0. The zero-order chi connectivity index (χ0) is 42.0. The zero-order valence-electron chi connectivity index (χ0n) is 36.2. The lowest BCUT2D eigenvalue weighted by molar-refractivity contribution is 1.33. The van der Waals surface area contributed by atoms with E-state index in [0.717, 1.165) is 0 Å². The minimum Gasteiger partial charge on any atom is -0.0616 e. The lowest BCUT2D eigenvalue weighted by atomic mass is 9.77. The minimum atomic E-state index is 1.25. The van der Waals surface area contributed by atoms with Crippen molar-refractivity contribution in [3.05, 3.63) is 203 Å². The number of fused-ring (bicyclic) bond motifs is 8. The first-order valence-electron chi connectivity index (χ1n) is 22.0. The van der Waals surface area contributed by atoms with Crippen LogP contribution in [0.25, 0.3) is 120 Å². The molecule has 0 bridgehead atoms. The molecule has 0 atom stereocenters. The number of hydrogen-bond acceptors (Lipinski definition) is 0. The van der Waals surface area contributed by atoms with Crippen LogP contribution in [0, 0.1) is 41.5 Å². The average molecular weight is 791 g/mol. The molecule has 0 aliphatic heterocycles. The van der Waals surface area contributed by atoms with Crippen molar-refractivity contribution in [3.63, 3.8) is 0 Å². The van der Waals surface area contributed by atoms with Crippen LogP contribution in [0.4, 0.5) is 0 Å². The Morgan fingerprint density at radius 2 is 0.355 bits per heavy atom. The Kier molecular flexibility index (Phi) is 8.03. The first-order chi connectivity index (χ1) is 30.2. The molecule has 294 valence electrons. The van der Waals surface area contributed by atoms with E-state index in [4.69, 9.17) is 0 Å². The molecule has 12 aromatic carbocycles. The van der Waals surface area contributed by atoms with Gasteiger partial charge in [-0.05, 0) is 232 Å². The van der Waals surface area contributed by atoms with E-state index in [0.29, 0.717) is 0 Å². The van der Waals surface area contributed by atoms with Crippen LogP contribution in [0.3, 0.4) is 0 Å². The molecular weight excluding hydrogens is 745 g/mol. The van der Waals surface area contributed by atoms with Crippen molar-refractivity contribution in [3.8, 4) is 33.4 Å². The highest BCUT2D eigenvalue weighted by Gasteiger charge is 2.26. The van der Waals surface area contributed by atoms with E-state index in [-0.39, 0.29) is 0 Å². The van der Waals surface area contributed by atoms with Crippen LogP contribution in [-0.2, 0) is 0 Å². The second kappa shape index (κ2) is 13.6. The predicted molar refractivity (Wildman–Crippen MR) is 271 cm³/mol. The van der Waals surface area contributed by atoms with Gasteiger partial charge in [-0.1, -0.05) is 132 Å². The number of rotatable bonds is 3. The van der Waals surface area contributed by atoms with Crippen LogP contribution in [-0.4, -0.2) is 0 Å². The molecule has 0 unspecified atom stereocenters. The molecule has 12 aromatic rings. The molecule has 0 aliphatic rings. The largest absolute Gasteiger partial charge is 0.0616 e. The molecule has 0 nitrogen and oxygen atoms in total. The Morgan fingerprint density at radius 3 is 0.532 bits per heavy atom. The van der Waals surface area contributed by atoms with E-state index in [2.05, 4.69) is 211 Å². The van der Waals surface area contributed by atoms with Crippen molar-refractivity contribution in [1.29, 1.82) is 0 Å². The van der Waals surface area contributed by atoms with Gasteiger partial charge >= 0.3 is 0 Å². The second-order valence-electron chi connectivity index (χ2n) is 18.0. The highest BCUT2D eigenvalue weighted by molar-refractivity contribution is 6.33. The van der Waals surface area contributed by atoms with Gasteiger partial charge in [0.15, 0.2) is 0 Å². The number of benzene rings is 12. The summed E-state index contributed by atoms with van der Waals surface area (Å²) < 4.78 is 0. The van der Waals surface area contributed by atoms with Crippen molar-refractivity contribution >= 4 is 86.2 Å². The molecule has 62 heavy (non-hydrogen) atoms. The van der Waals surface area contributed by atoms with Crippen LogP contribution in [0.5, 0.6) is 0 Å². The maximum Gasteiger partial charge on any atom is -0.00134 e. The lowest BCUT2D eigenvalue weighted by Crippen LogP contribution is -1.99. The molecule has 0 heteroatoms. The predicted octanol–water partition coefficient (Wildman–Crippen LogP) is 17.8. The molecule has 0 spiro atoms. The molecule has 12 rings (SSSR count). The van der Waals surface area contributed by atoms with Gasteiger partial charge in [-0.3, -0.25) is 0 Å². The molecule has 0 aliphatic carbocycles. The molecule has 0 aromatic heterocycles. The molecule has 0 saturated carbocycles. The molecular formula is C62H46. The Balaban J connectivity index is 1.41. The summed E-state index contributed by atoms with van der Waals surface area (Å²) >= 11 is 0. The fourth-order valence-electron chi connectivity index (χ4n) is 11.4. The Bertz CT molecular complexity index is 3420. The van der Waals surface area contributed by atoms with Crippen molar-refractivity contribution in [1.82, 2.24) is 0 Å².